The zero-order chi connectivity index (χ0) is 23.5. The Morgan fingerprint density at radius 2 is 1.00 bits per heavy atom. The summed E-state index contributed by atoms with van der Waals surface area (Å²) in [4.78, 5) is 14.5. The van der Waals surface area contributed by atoms with E-state index in [1.165, 1.54) is 116 Å². The van der Waals surface area contributed by atoms with Gasteiger partial charge in [-0.15, -0.1) is 0 Å². The van der Waals surface area contributed by atoms with Crippen molar-refractivity contribution in [3.05, 3.63) is 0 Å². The summed E-state index contributed by atoms with van der Waals surface area (Å²) in [5.74, 6) is -0.0244. The van der Waals surface area contributed by atoms with Crippen molar-refractivity contribution in [2.75, 3.05) is 31.6 Å². The molecule has 0 bridgehead atoms. The molecule has 3 nitrogen and oxygen atoms in total. The molecule has 0 saturated heterocycles. The number of alkyl halides is 1. The van der Waals surface area contributed by atoms with E-state index in [2.05, 4.69) is 34.7 Å². The van der Waals surface area contributed by atoms with E-state index in [1.54, 1.807) is 0 Å². The van der Waals surface area contributed by atoms with E-state index in [1.807, 2.05) is 0 Å². The predicted molar refractivity (Wildman–Crippen MR) is 145 cm³/mol. The molecule has 0 heterocycles. The number of carbonyl (C=O) groups is 1. The first kappa shape index (κ1) is 31.9. The topological polar surface area (TPSA) is 29.5 Å². The van der Waals surface area contributed by atoms with E-state index in [0.717, 1.165) is 31.1 Å². The van der Waals surface area contributed by atoms with Gasteiger partial charge in [0, 0.05) is 11.8 Å². The third kappa shape index (κ3) is 24.6. The summed E-state index contributed by atoms with van der Waals surface area (Å²) in [5.41, 5.74) is 0. The molecule has 0 aromatic carbocycles. The van der Waals surface area contributed by atoms with E-state index in [-0.39, 0.29) is 5.97 Å². The number of hydrogen-bond donors (Lipinski definition) is 0. The minimum absolute atomic E-state index is 0.0244. The number of unbranched alkanes of at least 4 members (excludes halogenated alkanes) is 15. The molecule has 0 N–H and O–H groups in total. The van der Waals surface area contributed by atoms with Crippen LogP contribution in [0.25, 0.3) is 0 Å². The smallest absolute Gasteiger partial charge is 0.305 e. The van der Waals surface area contributed by atoms with Gasteiger partial charge in [-0.2, -0.15) is 0 Å². The van der Waals surface area contributed by atoms with Crippen LogP contribution in [0.1, 0.15) is 142 Å². The van der Waals surface area contributed by atoms with Crippen LogP contribution in [0.4, 0.5) is 0 Å². The summed E-state index contributed by atoms with van der Waals surface area (Å²) in [6.07, 6.45) is 25.7. The zero-order valence-electron chi connectivity index (χ0n) is 21.8. The van der Waals surface area contributed by atoms with Crippen molar-refractivity contribution in [3.8, 4) is 0 Å². The van der Waals surface area contributed by atoms with Gasteiger partial charge < -0.3 is 9.64 Å². The quantitative estimate of drug-likeness (QED) is 0.0650. The second-order valence-corrected chi connectivity index (χ2v) is 10.3. The highest BCUT2D eigenvalue weighted by Crippen LogP contribution is 2.12. The Morgan fingerprint density at radius 1 is 0.594 bits per heavy atom. The third-order valence-corrected chi connectivity index (χ3v) is 6.86. The van der Waals surface area contributed by atoms with Crippen molar-refractivity contribution >= 4 is 21.9 Å². The molecule has 0 rings (SSSR count). The number of hydrogen-bond acceptors (Lipinski definition) is 3. The SMILES string of the molecule is CCCCCCCCCCN(CCCCCCCCCC)CCCCC(=O)OCCCBr. The highest BCUT2D eigenvalue weighted by Gasteiger charge is 2.07. The molecular formula is C28H56BrNO2. The molecule has 192 valence electrons. The van der Waals surface area contributed by atoms with Gasteiger partial charge in [-0.3, -0.25) is 4.79 Å². The molecule has 0 aromatic rings. The average Bonchev–Trinajstić information content (AvgIpc) is 2.79. The highest BCUT2D eigenvalue weighted by atomic mass is 79.9. The van der Waals surface area contributed by atoms with Crippen LogP contribution in [0.3, 0.4) is 0 Å². The molecule has 0 saturated carbocycles. The lowest BCUT2D eigenvalue weighted by atomic mass is 10.1. The van der Waals surface area contributed by atoms with Gasteiger partial charge in [0.25, 0.3) is 0 Å². The molecule has 0 amide bonds. The number of nitrogens with zero attached hydrogens (tertiary/aromatic N) is 1. The van der Waals surface area contributed by atoms with Gasteiger partial charge in [0.05, 0.1) is 6.61 Å². The Hall–Kier alpha value is -0.0900. The second kappa shape index (κ2) is 27.2. The number of halogens is 1. The van der Waals surface area contributed by atoms with E-state index in [9.17, 15) is 4.79 Å². The van der Waals surface area contributed by atoms with Crippen molar-refractivity contribution in [1.82, 2.24) is 4.90 Å². The maximum Gasteiger partial charge on any atom is 0.305 e. The number of ether oxygens (including phenoxy) is 1. The molecule has 4 heteroatoms. The fraction of sp³-hybridized carbons (Fsp3) is 0.964. The summed E-state index contributed by atoms with van der Waals surface area (Å²) in [5, 5.41) is 0.896. The third-order valence-electron chi connectivity index (χ3n) is 6.30. The minimum Gasteiger partial charge on any atom is -0.466 e. The molecular weight excluding hydrogens is 462 g/mol. The molecule has 0 aliphatic rings. The maximum atomic E-state index is 11.8. The molecule has 0 radical (unpaired) electrons. The summed E-state index contributed by atoms with van der Waals surface area (Å²) in [6, 6.07) is 0. The molecule has 0 spiro atoms. The Labute approximate surface area is 209 Å². The van der Waals surface area contributed by atoms with Crippen LogP contribution in [0.5, 0.6) is 0 Å². The zero-order valence-corrected chi connectivity index (χ0v) is 23.4. The molecule has 0 atom stereocenters. The predicted octanol–water partition coefficient (Wildman–Crippen LogP) is 9.07. The first-order chi connectivity index (χ1) is 15.7. The van der Waals surface area contributed by atoms with E-state index in [0.29, 0.717) is 13.0 Å². The molecule has 32 heavy (non-hydrogen) atoms. The minimum atomic E-state index is -0.0244. The lowest BCUT2D eigenvalue weighted by molar-refractivity contribution is -0.143. The van der Waals surface area contributed by atoms with Crippen LogP contribution in [-0.4, -0.2) is 42.4 Å². The van der Waals surface area contributed by atoms with E-state index in [4.69, 9.17) is 4.74 Å². The molecule has 0 aromatic heterocycles. The highest BCUT2D eigenvalue weighted by molar-refractivity contribution is 9.09. The fourth-order valence-corrected chi connectivity index (χ4v) is 4.42. The Balaban J connectivity index is 3.96. The second-order valence-electron chi connectivity index (χ2n) is 9.51. The van der Waals surface area contributed by atoms with Gasteiger partial charge in [0.2, 0.25) is 0 Å². The largest absolute Gasteiger partial charge is 0.466 e. The van der Waals surface area contributed by atoms with Crippen LogP contribution >= 0.6 is 15.9 Å². The van der Waals surface area contributed by atoms with Crippen LogP contribution in [0, 0.1) is 0 Å². The van der Waals surface area contributed by atoms with Crippen molar-refractivity contribution in [2.24, 2.45) is 0 Å². The Bertz CT molecular complexity index is 358. The van der Waals surface area contributed by atoms with Crippen LogP contribution in [-0.2, 0) is 9.53 Å². The standard InChI is InChI=1S/C28H56BrNO2/c1-3-5-7-9-11-13-15-18-24-30(25-19-16-14-12-10-8-6-4-2)26-20-17-22-28(31)32-27-21-23-29/h3-27H2,1-2H3. The van der Waals surface area contributed by atoms with Crippen LogP contribution in [0.2, 0.25) is 0 Å². The van der Waals surface area contributed by atoms with Gasteiger partial charge in [0.1, 0.15) is 0 Å². The van der Waals surface area contributed by atoms with Gasteiger partial charge in [0.15, 0.2) is 0 Å². The molecule has 0 aliphatic heterocycles. The van der Waals surface area contributed by atoms with Gasteiger partial charge in [-0.25, -0.2) is 0 Å². The maximum absolute atomic E-state index is 11.8. The van der Waals surface area contributed by atoms with E-state index < -0.39 is 0 Å². The lowest BCUT2D eigenvalue weighted by Gasteiger charge is -2.22. The van der Waals surface area contributed by atoms with E-state index >= 15 is 0 Å². The Kier molecular flexibility index (Phi) is 27.1. The summed E-state index contributed by atoms with van der Waals surface area (Å²) >= 11 is 3.37. The van der Waals surface area contributed by atoms with Gasteiger partial charge >= 0.3 is 5.97 Å². The van der Waals surface area contributed by atoms with Gasteiger partial charge in [-0.1, -0.05) is 120 Å². The monoisotopic (exact) mass is 517 g/mol. The van der Waals surface area contributed by atoms with Crippen molar-refractivity contribution in [1.29, 1.82) is 0 Å². The molecule has 0 fully saturated rings. The first-order valence-corrected chi connectivity index (χ1v) is 15.3. The average molecular weight is 519 g/mol. The summed E-state index contributed by atoms with van der Waals surface area (Å²) < 4.78 is 5.26. The van der Waals surface area contributed by atoms with Crippen molar-refractivity contribution in [2.45, 2.75) is 142 Å². The lowest BCUT2D eigenvalue weighted by Crippen LogP contribution is -2.27. The molecule has 0 aliphatic carbocycles. The summed E-state index contributed by atoms with van der Waals surface area (Å²) in [7, 11) is 0. The molecule has 0 unspecified atom stereocenters. The van der Waals surface area contributed by atoms with Crippen LogP contribution < -0.4 is 0 Å². The number of rotatable bonds is 26. The van der Waals surface area contributed by atoms with Gasteiger partial charge in [-0.05, 0) is 51.7 Å². The summed E-state index contributed by atoms with van der Waals surface area (Å²) in [6.45, 7) is 8.74. The number of carbonyl (C=O) groups excluding carboxylic acids is 1. The Morgan fingerprint density at radius 3 is 1.44 bits per heavy atom. The fourth-order valence-electron chi connectivity index (χ4n) is 4.19. The normalized spacial score (nSPS) is 11.4. The van der Waals surface area contributed by atoms with Crippen molar-refractivity contribution < 1.29 is 9.53 Å². The van der Waals surface area contributed by atoms with Crippen LogP contribution in [0.15, 0.2) is 0 Å². The van der Waals surface area contributed by atoms with Crippen molar-refractivity contribution in [3.63, 3.8) is 0 Å². The first-order valence-electron chi connectivity index (χ1n) is 14.2. The number of esters is 1.